The molecule has 0 saturated heterocycles. The van der Waals surface area contributed by atoms with Crippen LogP contribution >= 0.6 is 0 Å². The molecule has 0 aliphatic heterocycles. The van der Waals surface area contributed by atoms with Crippen molar-refractivity contribution in [2.45, 2.75) is 45.9 Å². The summed E-state index contributed by atoms with van der Waals surface area (Å²) in [6, 6.07) is 0. The van der Waals surface area contributed by atoms with E-state index in [1.165, 1.54) is 0 Å². The van der Waals surface area contributed by atoms with E-state index in [0.717, 1.165) is 19.5 Å². The number of aliphatic hydroxyl groups is 1. The van der Waals surface area contributed by atoms with Crippen LogP contribution in [0.4, 0.5) is 0 Å². The average Bonchev–Trinajstić information content (AvgIpc) is 2.84. The third kappa shape index (κ3) is 7.92. The molecule has 0 aromatic carbocycles. The Morgan fingerprint density at radius 2 is 2.16 bits per heavy atom. The largest absolute Gasteiger partial charge is 0.389 e. The van der Waals surface area contributed by atoms with Gasteiger partial charge in [0, 0.05) is 19.3 Å². The van der Waals surface area contributed by atoms with Gasteiger partial charge in [-0.05, 0) is 19.3 Å². The first kappa shape index (κ1) is 16.1. The van der Waals surface area contributed by atoms with Gasteiger partial charge < -0.3 is 15.2 Å². The Balaban J connectivity index is 2.00. The van der Waals surface area contributed by atoms with Crippen molar-refractivity contribution in [1.29, 1.82) is 0 Å². The Kier molecular flexibility index (Phi) is 7.62. The number of ether oxygens (including phenoxy) is 1. The molecule has 1 aromatic heterocycles. The van der Waals surface area contributed by atoms with Gasteiger partial charge in [0.05, 0.1) is 31.6 Å². The average molecular weight is 270 g/mol. The van der Waals surface area contributed by atoms with E-state index in [0.29, 0.717) is 19.1 Å². The summed E-state index contributed by atoms with van der Waals surface area (Å²) in [5.41, 5.74) is 0. The van der Waals surface area contributed by atoms with E-state index >= 15 is 0 Å². The summed E-state index contributed by atoms with van der Waals surface area (Å²) in [5, 5.41) is 20.5. The summed E-state index contributed by atoms with van der Waals surface area (Å²) in [5.74, 6) is 0.618. The van der Waals surface area contributed by atoms with Gasteiger partial charge in [-0.15, -0.1) is 5.10 Å². The Morgan fingerprint density at radius 3 is 2.79 bits per heavy atom. The quantitative estimate of drug-likeness (QED) is 0.612. The van der Waals surface area contributed by atoms with Crippen LogP contribution in [0.2, 0.25) is 0 Å². The first-order valence-electron chi connectivity index (χ1n) is 6.92. The van der Waals surface area contributed by atoms with Crippen molar-refractivity contribution >= 4 is 0 Å². The molecule has 0 fully saturated rings. The molecule has 2 unspecified atom stereocenters. The molecular weight excluding hydrogens is 244 g/mol. The van der Waals surface area contributed by atoms with Crippen molar-refractivity contribution in [3.8, 4) is 0 Å². The number of nitrogens with one attached hydrogen (secondary N) is 1. The third-order valence-corrected chi connectivity index (χ3v) is 2.75. The first-order chi connectivity index (χ1) is 9.08. The van der Waals surface area contributed by atoms with Crippen LogP contribution in [-0.4, -0.2) is 52.0 Å². The van der Waals surface area contributed by atoms with E-state index in [1.54, 1.807) is 10.9 Å². The number of aromatic nitrogens is 3. The maximum Gasteiger partial charge on any atom is 0.0897 e. The van der Waals surface area contributed by atoms with Crippen LogP contribution in [0, 0.1) is 5.92 Å². The van der Waals surface area contributed by atoms with E-state index in [2.05, 4.69) is 29.5 Å². The second kappa shape index (κ2) is 9.01. The second-order valence-electron chi connectivity index (χ2n) is 5.30. The molecule has 1 aromatic rings. The van der Waals surface area contributed by atoms with Crippen LogP contribution in [0.1, 0.15) is 27.2 Å². The highest BCUT2D eigenvalue weighted by Gasteiger charge is 2.09. The zero-order valence-electron chi connectivity index (χ0n) is 12.1. The minimum absolute atomic E-state index is 0.199. The normalized spacial score (nSPS) is 14.8. The van der Waals surface area contributed by atoms with Crippen LogP contribution in [-0.2, 0) is 11.3 Å². The van der Waals surface area contributed by atoms with Gasteiger partial charge in [0.1, 0.15) is 0 Å². The van der Waals surface area contributed by atoms with Gasteiger partial charge in [-0.3, -0.25) is 4.68 Å². The van der Waals surface area contributed by atoms with Crippen LogP contribution in [0.15, 0.2) is 12.4 Å². The number of rotatable bonds is 10. The number of aliphatic hydroxyl groups excluding tert-OH is 1. The summed E-state index contributed by atoms with van der Waals surface area (Å²) >= 11 is 0. The van der Waals surface area contributed by atoms with Crippen molar-refractivity contribution in [2.24, 2.45) is 5.92 Å². The number of hydrogen-bond acceptors (Lipinski definition) is 5. The molecule has 2 N–H and O–H groups in total. The topological polar surface area (TPSA) is 72.2 Å². The molecule has 0 spiro atoms. The fraction of sp³-hybridized carbons (Fsp3) is 0.846. The van der Waals surface area contributed by atoms with E-state index in [4.69, 9.17) is 4.74 Å². The van der Waals surface area contributed by atoms with Crippen molar-refractivity contribution < 1.29 is 9.84 Å². The summed E-state index contributed by atoms with van der Waals surface area (Å²) in [7, 11) is 0. The third-order valence-electron chi connectivity index (χ3n) is 2.75. The minimum atomic E-state index is -0.467. The van der Waals surface area contributed by atoms with E-state index < -0.39 is 6.10 Å². The highest BCUT2D eigenvalue weighted by atomic mass is 16.5. The Labute approximate surface area is 115 Å². The van der Waals surface area contributed by atoms with Gasteiger partial charge in [-0.2, -0.15) is 0 Å². The van der Waals surface area contributed by atoms with Crippen molar-refractivity contribution in [1.82, 2.24) is 20.3 Å². The van der Waals surface area contributed by atoms with Crippen LogP contribution in [0.3, 0.4) is 0 Å². The van der Waals surface area contributed by atoms with E-state index in [9.17, 15) is 5.11 Å². The molecule has 19 heavy (non-hydrogen) atoms. The fourth-order valence-corrected chi connectivity index (χ4v) is 1.88. The first-order valence-corrected chi connectivity index (χ1v) is 6.92. The standard InChI is InChI=1S/C13H26N4O2/c1-11(2)8-12(3)19-10-13(18)9-14-4-6-17-7-5-15-16-17/h5,7,11-14,18H,4,6,8-10H2,1-3H3. The fourth-order valence-electron chi connectivity index (χ4n) is 1.88. The molecule has 6 heteroatoms. The highest BCUT2D eigenvalue weighted by Crippen LogP contribution is 2.07. The van der Waals surface area contributed by atoms with Crippen LogP contribution < -0.4 is 5.32 Å². The Bertz CT molecular complexity index is 316. The molecule has 0 aliphatic rings. The molecule has 6 nitrogen and oxygen atoms in total. The highest BCUT2D eigenvalue weighted by molar-refractivity contribution is 4.65. The molecule has 110 valence electrons. The van der Waals surface area contributed by atoms with Crippen molar-refractivity contribution in [2.75, 3.05) is 19.7 Å². The molecule has 0 bridgehead atoms. The Hall–Kier alpha value is -0.980. The predicted molar refractivity (Wildman–Crippen MR) is 73.8 cm³/mol. The lowest BCUT2D eigenvalue weighted by atomic mass is 10.1. The number of nitrogens with zero attached hydrogens (tertiary/aromatic N) is 3. The summed E-state index contributed by atoms with van der Waals surface area (Å²) in [4.78, 5) is 0. The Morgan fingerprint density at radius 1 is 1.37 bits per heavy atom. The van der Waals surface area contributed by atoms with Crippen LogP contribution in [0.25, 0.3) is 0 Å². The monoisotopic (exact) mass is 270 g/mol. The van der Waals surface area contributed by atoms with Gasteiger partial charge in [0.15, 0.2) is 0 Å². The zero-order valence-corrected chi connectivity index (χ0v) is 12.1. The van der Waals surface area contributed by atoms with Crippen LogP contribution in [0.5, 0.6) is 0 Å². The molecule has 2 atom stereocenters. The van der Waals surface area contributed by atoms with Gasteiger partial charge in [0.25, 0.3) is 0 Å². The summed E-state index contributed by atoms with van der Waals surface area (Å²) < 4.78 is 7.35. The lowest BCUT2D eigenvalue weighted by Gasteiger charge is -2.18. The lowest BCUT2D eigenvalue weighted by molar-refractivity contribution is -0.00848. The van der Waals surface area contributed by atoms with E-state index in [1.807, 2.05) is 13.1 Å². The van der Waals surface area contributed by atoms with Crippen molar-refractivity contribution in [3.05, 3.63) is 12.4 Å². The molecule has 0 saturated carbocycles. The maximum atomic E-state index is 9.77. The zero-order chi connectivity index (χ0) is 14.1. The summed E-state index contributed by atoms with van der Waals surface area (Å²) in [6.07, 6.45) is 4.22. The van der Waals surface area contributed by atoms with Gasteiger partial charge in [-0.25, -0.2) is 0 Å². The predicted octanol–water partition coefficient (Wildman–Crippen LogP) is 0.680. The SMILES string of the molecule is CC(C)CC(C)OCC(O)CNCCn1ccnn1. The molecule has 0 amide bonds. The molecule has 1 heterocycles. The maximum absolute atomic E-state index is 9.77. The molecule has 0 aliphatic carbocycles. The number of hydrogen-bond donors (Lipinski definition) is 2. The molecule has 0 radical (unpaired) electrons. The smallest absolute Gasteiger partial charge is 0.0897 e. The van der Waals surface area contributed by atoms with Gasteiger partial charge >= 0.3 is 0 Å². The van der Waals surface area contributed by atoms with E-state index in [-0.39, 0.29) is 6.10 Å². The second-order valence-corrected chi connectivity index (χ2v) is 5.30. The van der Waals surface area contributed by atoms with Gasteiger partial charge in [0.2, 0.25) is 0 Å². The molecule has 1 rings (SSSR count). The lowest BCUT2D eigenvalue weighted by Crippen LogP contribution is -2.33. The molecular formula is C13H26N4O2. The summed E-state index contributed by atoms with van der Waals surface area (Å²) in [6.45, 7) is 8.79. The van der Waals surface area contributed by atoms with Gasteiger partial charge in [-0.1, -0.05) is 19.1 Å². The van der Waals surface area contributed by atoms with Crippen molar-refractivity contribution in [3.63, 3.8) is 0 Å². The minimum Gasteiger partial charge on any atom is -0.389 e.